The van der Waals surface area contributed by atoms with Crippen molar-refractivity contribution < 1.29 is 22.0 Å². The molecule has 0 N–H and O–H groups in total. The van der Waals surface area contributed by atoms with Crippen molar-refractivity contribution in [2.75, 3.05) is 0 Å². The van der Waals surface area contributed by atoms with Crippen LogP contribution in [0.15, 0.2) is 0 Å². The van der Waals surface area contributed by atoms with Gasteiger partial charge in [0.05, 0.1) is 0 Å². The third-order valence-corrected chi connectivity index (χ3v) is 4.33. The summed E-state index contributed by atoms with van der Waals surface area (Å²) in [7, 11) is 0. The van der Waals surface area contributed by atoms with Gasteiger partial charge in [0.15, 0.2) is 6.17 Å². The van der Waals surface area contributed by atoms with E-state index in [1.54, 1.807) is 0 Å². The minimum absolute atomic E-state index is 0.335. The Bertz CT molecular complexity index is 188. The number of hydrogen-bond acceptors (Lipinski definition) is 0. The fourth-order valence-corrected chi connectivity index (χ4v) is 2.08. The molecule has 13 heavy (non-hydrogen) atoms. The Balaban J connectivity index is 5.04. The third-order valence-electron chi connectivity index (χ3n) is 1.47. The first-order valence-electron chi connectivity index (χ1n) is 3.22. The van der Waals surface area contributed by atoms with Gasteiger partial charge < -0.3 is 0 Å². The van der Waals surface area contributed by atoms with Crippen LogP contribution >= 0.6 is 22.2 Å². The van der Waals surface area contributed by atoms with Crippen molar-refractivity contribution in [1.29, 1.82) is 0 Å². The maximum atomic E-state index is 12.8. The van der Waals surface area contributed by atoms with Gasteiger partial charge in [-0.1, -0.05) is 0 Å². The summed E-state index contributed by atoms with van der Waals surface area (Å²) in [5.74, 6) is -4.82. The van der Waals surface area contributed by atoms with E-state index >= 15 is 0 Å². The first-order chi connectivity index (χ1) is 5.44. The van der Waals surface area contributed by atoms with Crippen LogP contribution in [0.4, 0.5) is 22.0 Å². The number of halogens is 7. The predicted molar refractivity (Wildman–Crippen MR) is 43.8 cm³/mol. The topological polar surface area (TPSA) is 0 Å². The monoisotopic (exact) mass is 260 g/mol. The Hall–Kier alpha value is 0.447. The summed E-state index contributed by atoms with van der Waals surface area (Å²) < 4.78 is 62.8. The van der Waals surface area contributed by atoms with Crippen LogP contribution in [0, 0.1) is 0 Å². The van der Waals surface area contributed by atoms with E-state index in [0.29, 0.717) is 13.5 Å². The van der Waals surface area contributed by atoms with Gasteiger partial charge in [-0.05, 0) is 13.5 Å². The van der Waals surface area contributed by atoms with Crippen molar-refractivity contribution in [2.45, 2.75) is 31.1 Å². The van der Waals surface area contributed by atoms with E-state index in [0.717, 1.165) is 0 Å². The normalized spacial score (nSPS) is 17.3. The van der Waals surface area contributed by atoms with E-state index in [1.165, 1.54) is 0 Å². The number of hydrogen-bond donors (Lipinski definition) is 0. The van der Waals surface area contributed by atoms with E-state index in [9.17, 15) is 22.0 Å². The summed E-state index contributed by atoms with van der Waals surface area (Å²) in [4.78, 5) is 0. The zero-order valence-corrected chi connectivity index (χ0v) is 9.23. The highest BCUT2D eigenvalue weighted by Crippen LogP contribution is 2.47. The summed E-state index contributed by atoms with van der Waals surface area (Å²) in [5, 5.41) is 0. The second-order valence-corrected chi connectivity index (χ2v) is 10.2. The Morgan fingerprint density at radius 3 is 1.54 bits per heavy atom. The molecule has 0 spiro atoms. The van der Waals surface area contributed by atoms with Gasteiger partial charge in [-0.3, -0.25) is 0 Å². The van der Waals surface area contributed by atoms with Crippen molar-refractivity contribution in [2.24, 2.45) is 0 Å². The lowest BCUT2D eigenvalue weighted by atomic mass is 10.2. The van der Waals surface area contributed by atoms with Crippen LogP contribution in [0.5, 0.6) is 0 Å². The smallest absolute Gasteiger partial charge is 0.241 e. The van der Waals surface area contributed by atoms with E-state index in [1.807, 2.05) is 0 Å². The highest BCUT2D eigenvalue weighted by atomic mass is 35.7. The van der Waals surface area contributed by atoms with Crippen LogP contribution < -0.4 is 0 Å². The van der Waals surface area contributed by atoms with Gasteiger partial charge >= 0.3 is 18.2 Å². The van der Waals surface area contributed by atoms with E-state index < -0.39 is 24.3 Å². The first kappa shape index (κ1) is 13.4. The maximum absolute atomic E-state index is 12.8. The van der Waals surface area contributed by atoms with Crippen molar-refractivity contribution in [3.63, 3.8) is 0 Å². The molecule has 0 aliphatic rings. The fraction of sp³-hybridized carbons (Fsp3) is 1.00. The van der Waals surface area contributed by atoms with Crippen LogP contribution in [-0.4, -0.2) is 24.3 Å². The Labute approximate surface area is 82.4 Å². The largest absolute Gasteiger partial charge is 0.339 e. The number of alkyl halides is 5. The van der Waals surface area contributed by atoms with Gasteiger partial charge in [-0.25, -0.2) is 13.2 Å². The SMILES string of the molecule is CC(F)C(F)(F)C(F)(F)[Si](C)(Cl)Cl. The average Bonchev–Trinajstić information content (AvgIpc) is 1.84. The number of rotatable bonds is 3. The molecule has 0 fully saturated rings. The quantitative estimate of drug-likeness (QED) is 0.413. The maximum Gasteiger partial charge on any atom is 0.339 e. The highest BCUT2D eigenvalue weighted by molar-refractivity contribution is 7.46. The van der Waals surface area contributed by atoms with Crippen molar-refractivity contribution in [3.05, 3.63) is 0 Å². The van der Waals surface area contributed by atoms with Crippen LogP contribution in [0.2, 0.25) is 6.55 Å². The minimum atomic E-state index is -4.82. The van der Waals surface area contributed by atoms with Crippen molar-refractivity contribution in [3.8, 4) is 0 Å². The zero-order valence-electron chi connectivity index (χ0n) is 6.72. The molecule has 0 amide bonds. The molecular formula is C5H7Cl2F5Si. The summed E-state index contributed by atoms with van der Waals surface area (Å²) >= 11 is 9.92. The van der Waals surface area contributed by atoms with Crippen LogP contribution in [0.1, 0.15) is 6.92 Å². The lowest BCUT2D eigenvalue weighted by Gasteiger charge is -2.32. The Morgan fingerprint density at radius 1 is 1.15 bits per heavy atom. The van der Waals surface area contributed by atoms with E-state index in [4.69, 9.17) is 22.2 Å². The van der Waals surface area contributed by atoms with Gasteiger partial charge in [0.2, 0.25) is 0 Å². The second kappa shape index (κ2) is 3.55. The molecule has 0 saturated carbocycles. The molecule has 1 unspecified atom stereocenters. The van der Waals surface area contributed by atoms with Gasteiger partial charge in [-0.2, -0.15) is 8.78 Å². The van der Waals surface area contributed by atoms with Crippen LogP contribution in [0.3, 0.4) is 0 Å². The summed E-state index contributed by atoms with van der Waals surface area (Å²) in [6.07, 6.45) is -2.99. The van der Waals surface area contributed by atoms with Gasteiger partial charge in [0.1, 0.15) is 0 Å². The Morgan fingerprint density at radius 2 is 1.46 bits per heavy atom. The molecule has 0 aromatic heterocycles. The predicted octanol–water partition coefficient (Wildman–Crippen LogP) is 3.70. The average molecular weight is 261 g/mol. The van der Waals surface area contributed by atoms with Gasteiger partial charge in [-0.15, -0.1) is 22.2 Å². The molecule has 0 rings (SSSR count). The molecule has 80 valence electrons. The van der Waals surface area contributed by atoms with E-state index in [2.05, 4.69) is 0 Å². The highest BCUT2D eigenvalue weighted by Gasteiger charge is 2.70. The Kier molecular flexibility index (Phi) is 3.67. The molecule has 8 heteroatoms. The van der Waals surface area contributed by atoms with Crippen molar-refractivity contribution in [1.82, 2.24) is 0 Å². The van der Waals surface area contributed by atoms with Gasteiger partial charge in [0, 0.05) is 0 Å². The molecule has 0 nitrogen and oxygen atoms in total. The van der Waals surface area contributed by atoms with Gasteiger partial charge in [0.25, 0.3) is 0 Å². The minimum Gasteiger partial charge on any atom is -0.241 e. The lowest BCUT2D eigenvalue weighted by molar-refractivity contribution is -0.194. The third kappa shape index (κ3) is 2.27. The molecular weight excluding hydrogens is 254 g/mol. The molecule has 1 atom stereocenters. The molecule has 0 radical (unpaired) electrons. The molecule has 0 aliphatic carbocycles. The lowest BCUT2D eigenvalue weighted by Crippen LogP contribution is -2.58. The van der Waals surface area contributed by atoms with Crippen LogP contribution in [0.25, 0.3) is 0 Å². The molecule has 0 bridgehead atoms. The van der Waals surface area contributed by atoms with Crippen molar-refractivity contribution >= 4 is 28.9 Å². The molecule has 0 heterocycles. The molecule has 0 aromatic rings. The fourth-order valence-electron chi connectivity index (χ4n) is 0.542. The summed E-state index contributed by atoms with van der Waals surface area (Å²) in [6.45, 7) is -3.51. The summed E-state index contributed by atoms with van der Waals surface area (Å²) in [5.41, 5.74) is -4.68. The second-order valence-electron chi connectivity index (χ2n) is 2.70. The summed E-state index contributed by atoms with van der Waals surface area (Å²) in [6, 6.07) is 0. The van der Waals surface area contributed by atoms with E-state index in [-0.39, 0.29) is 0 Å². The standard InChI is InChI=1S/C5H7Cl2F5Si/c1-3(8)4(9,10)5(11,12)13(2,6)7/h3H,1-2H3. The first-order valence-corrected chi connectivity index (χ1v) is 7.74. The molecule has 0 saturated heterocycles. The van der Waals surface area contributed by atoms with Crippen LogP contribution in [-0.2, 0) is 0 Å². The molecule has 0 aromatic carbocycles. The molecule has 0 aliphatic heterocycles. The zero-order chi connectivity index (χ0) is 11.1.